The quantitative estimate of drug-likeness (QED) is 0.684. The van der Waals surface area contributed by atoms with Gasteiger partial charge in [0.1, 0.15) is 17.3 Å². The molecule has 108 valence electrons. The first-order chi connectivity index (χ1) is 10.3. The van der Waals surface area contributed by atoms with Crippen LogP contribution in [-0.2, 0) is 13.0 Å². The summed E-state index contributed by atoms with van der Waals surface area (Å²) >= 11 is 0. The van der Waals surface area contributed by atoms with Gasteiger partial charge in [-0.15, -0.1) is 0 Å². The van der Waals surface area contributed by atoms with Gasteiger partial charge in [-0.3, -0.25) is 0 Å². The van der Waals surface area contributed by atoms with Gasteiger partial charge in [-0.05, 0) is 36.4 Å². The van der Waals surface area contributed by atoms with Crippen LogP contribution in [0.3, 0.4) is 0 Å². The van der Waals surface area contributed by atoms with E-state index < -0.39 is 0 Å². The number of furan rings is 1. The molecular weight excluding hydrogens is 269 g/mol. The summed E-state index contributed by atoms with van der Waals surface area (Å²) < 4.78 is 18.6. The van der Waals surface area contributed by atoms with E-state index in [-0.39, 0.29) is 5.82 Å². The molecule has 0 aliphatic heterocycles. The molecular formula is C16H16FN3O. The number of aromatic amines is 1. The van der Waals surface area contributed by atoms with Gasteiger partial charge >= 0.3 is 0 Å². The third-order valence-corrected chi connectivity index (χ3v) is 3.22. The van der Waals surface area contributed by atoms with Crippen LogP contribution >= 0.6 is 0 Å². The Labute approximate surface area is 122 Å². The topological polar surface area (TPSA) is 53.9 Å². The van der Waals surface area contributed by atoms with E-state index in [1.54, 1.807) is 18.5 Å². The van der Waals surface area contributed by atoms with Gasteiger partial charge in [-0.25, -0.2) is 9.37 Å². The molecule has 0 fully saturated rings. The highest BCUT2D eigenvalue weighted by Crippen LogP contribution is 2.22. The van der Waals surface area contributed by atoms with Gasteiger partial charge in [0.2, 0.25) is 0 Å². The van der Waals surface area contributed by atoms with Crippen molar-refractivity contribution >= 4 is 0 Å². The van der Waals surface area contributed by atoms with Crippen LogP contribution in [0.15, 0.2) is 53.3 Å². The highest BCUT2D eigenvalue weighted by Gasteiger charge is 2.05. The number of aromatic nitrogens is 2. The molecule has 0 unspecified atom stereocenters. The Morgan fingerprint density at radius 3 is 2.76 bits per heavy atom. The van der Waals surface area contributed by atoms with Gasteiger partial charge in [0, 0.05) is 30.4 Å². The lowest BCUT2D eigenvalue weighted by Crippen LogP contribution is -2.16. The van der Waals surface area contributed by atoms with Gasteiger partial charge in [-0.1, -0.05) is 0 Å². The van der Waals surface area contributed by atoms with Gasteiger partial charge < -0.3 is 14.7 Å². The minimum Gasteiger partial charge on any atom is -0.460 e. The van der Waals surface area contributed by atoms with Crippen LogP contribution in [0.5, 0.6) is 0 Å². The van der Waals surface area contributed by atoms with E-state index in [1.807, 2.05) is 18.3 Å². The Kier molecular flexibility index (Phi) is 4.12. The molecule has 0 saturated heterocycles. The summed E-state index contributed by atoms with van der Waals surface area (Å²) in [6.45, 7) is 1.50. The molecule has 0 spiro atoms. The normalized spacial score (nSPS) is 10.9. The Morgan fingerprint density at radius 2 is 2.00 bits per heavy atom. The van der Waals surface area contributed by atoms with Crippen LogP contribution in [0.1, 0.15) is 11.5 Å². The lowest BCUT2D eigenvalue weighted by atomic mass is 10.2. The largest absolute Gasteiger partial charge is 0.460 e. The van der Waals surface area contributed by atoms with Crippen molar-refractivity contribution in [2.75, 3.05) is 6.54 Å². The third-order valence-electron chi connectivity index (χ3n) is 3.22. The number of hydrogen-bond acceptors (Lipinski definition) is 3. The van der Waals surface area contributed by atoms with Crippen molar-refractivity contribution in [1.82, 2.24) is 15.3 Å². The van der Waals surface area contributed by atoms with Gasteiger partial charge in [0.05, 0.1) is 12.9 Å². The number of imidazole rings is 1. The number of benzene rings is 1. The van der Waals surface area contributed by atoms with Gasteiger partial charge in [-0.2, -0.15) is 0 Å². The molecule has 4 nitrogen and oxygen atoms in total. The van der Waals surface area contributed by atoms with Crippen molar-refractivity contribution < 1.29 is 8.81 Å². The van der Waals surface area contributed by atoms with Crippen molar-refractivity contribution in [2.24, 2.45) is 0 Å². The maximum absolute atomic E-state index is 12.9. The van der Waals surface area contributed by atoms with Crippen LogP contribution in [0.25, 0.3) is 11.3 Å². The summed E-state index contributed by atoms with van der Waals surface area (Å²) in [6, 6.07) is 10.1. The first-order valence-electron chi connectivity index (χ1n) is 6.84. The minimum atomic E-state index is -0.244. The lowest BCUT2D eigenvalue weighted by molar-refractivity contribution is 0.494. The molecule has 3 rings (SSSR count). The monoisotopic (exact) mass is 285 g/mol. The average molecular weight is 285 g/mol. The Morgan fingerprint density at radius 1 is 1.14 bits per heavy atom. The van der Waals surface area contributed by atoms with Gasteiger partial charge in [0.25, 0.3) is 0 Å². The molecule has 0 aliphatic carbocycles. The molecule has 0 amide bonds. The summed E-state index contributed by atoms with van der Waals surface area (Å²) in [5.41, 5.74) is 1.98. The van der Waals surface area contributed by atoms with Crippen molar-refractivity contribution in [3.8, 4) is 11.3 Å². The van der Waals surface area contributed by atoms with Crippen LogP contribution in [0.2, 0.25) is 0 Å². The second kappa shape index (κ2) is 6.37. The van der Waals surface area contributed by atoms with E-state index in [0.29, 0.717) is 6.54 Å². The Bertz CT molecular complexity index is 674. The fourth-order valence-corrected chi connectivity index (χ4v) is 2.10. The lowest BCUT2D eigenvalue weighted by Gasteiger charge is -2.01. The number of H-pyrrole nitrogens is 1. The van der Waals surface area contributed by atoms with E-state index in [2.05, 4.69) is 15.3 Å². The third kappa shape index (κ3) is 3.58. The second-order valence-electron chi connectivity index (χ2n) is 4.78. The number of nitrogens with one attached hydrogen (secondary N) is 2. The SMILES string of the molecule is Fc1ccc(-c2ccc(CNCCc3cnc[nH]3)o2)cc1. The van der Waals surface area contributed by atoms with E-state index >= 15 is 0 Å². The van der Waals surface area contributed by atoms with Crippen LogP contribution in [-0.4, -0.2) is 16.5 Å². The van der Waals surface area contributed by atoms with Crippen molar-refractivity contribution in [3.63, 3.8) is 0 Å². The highest BCUT2D eigenvalue weighted by molar-refractivity contribution is 5.57. The minimum absolute atomic E-state index is 0.244. The first kappa shape index (κ1) is 13.6. The maximum Gasteiger partial charge on any atom is 0.134 e. The molecule has 3 aromatic rings. The molecule has 1 aromatic carbocycles. The molecule has 0 radical (unpaired) electrons. The zero-order valence-electron chi connectivity index (χ0n) is 11.5. The average Bonchev–Trinajstić information content (AvgIpc) is 3.16. The number of halogens is 1. The smallest absolute Gasteiger partial charge is 0.134 e. The van der Waals surface area contributed by atoms with Crippen LogP contribution in [0.4, 0.5) is 4.39 Å². The van der Waals surface area contributed by atoms with E-state index in [1.165, 1.54) is 12.1 Å². The summed E-state index contributed by atoms with van der Waals surface area (Å²) in [6.07, 6.45) is 4.39. The molecule has 2 heterocycles. The van der Waals surface area contributed by atoms with E-state index in [0.717, 1.165) is 35.7 Å². The fourth-order valence-electron chi connectivity index (χ4n) is 2.10. The van der Waals surface area contributed by atoms with Crippen molar-refractivity contribution in [3.05, 3.63) is 66.2 Å². The maximum atomic E-state index is 12.9. The molecule has 0 saturated carbocycles. The molecule has 0 bridgehead atoms. The predicted octanol–water partition coefficient (Wildman–Crippen LogP) is 3.14. The predicted molar refractivity (Wildman–Crippen MR) is 78.1 cm³/mol. The molecule has 21 heavy (non-hydrogen) atoms. The molecule has 2 N–H and O–H groups in total. The van der Waals surface area contributed by atoms with Crippen LogP contribution in [0, 0.1) is 5.82 Å². The zero-order chi connectivity index (χ0) is 14.5. The second-order valence-corrected chi connectivity index (χ2v) is 4.78. The molecule has 5 heteroatoms. The zero-order valence-corrected chi connectivity index (χ0v) is 11.5. The number of hydrogen-bond donors (Lipinski definition) is 2. The molecule has 0 atom stereocenters. The van der Waals surface area contributed by atoms with Crippen molar-refractivity contribution in [2.45, 2.75) is 13.0 Å². The fraction of sp³-hybridized carbons (Fsp3) is 0.188. The molecule has 0 aliphatic rings. The summed E-state index contributed by atoms with van der Waals surface area (Å²) in [7, 11) is 0. The summed E-state index contributed by atoms with van der Waals surface area (Å²) in [4.78, 5) is 7.03. The molecule has 2 aromatic heterocycles. The van der Waals surface area contributed by atoms with E-state index in [9.17, 15) is 4.39 Å². The highest BCUT2D eigenvalue weighted by atomic mass is 19.1. The Hall–Kier alpha value is -2.40. The van der Waals surface area contributed by atoms with Crippen LogP contribution < -0.4 is 5.32 Å². The number of rotatable bonds is 6. The Balaban J connectivity index is 1.52. The van der Waals surface area contributed by atoms with Gasteiger partial charge in [0.15, 0.2) is 0 Å². The summed E-state index contributed by atoms with van der Waals surface area (Å²) in [5.74, 6) is 1.37. The number of nitrogens with zero attached hydrogens (tertiary/aromatic N) is 1. The summed E-state index contributed by atoms with van der Waals surface area (Å²) in [5, 5.41) is 3.31. The van der Waals surface area contributed by atoms with Crippen molar-refractivity contribution in [1.29, 1.82) is 0 Å². The first-order valence-corrected chi connectivity index (χ1v) is 6.84. The van der Waals surface area contributed by atoms with E-state index in [4.69, 9.17) is 4.42 Å². The standard InChI is InChI=1S/C16H16FN3O/c17-13-3-1-12(2-4-13)16-6-5-15(21-16)10-18-8-7-14-9-19-11-20-14/h1-6,9,11,18H,7-8,10H2,(H,19,20).